The van der Waals surface area contributed by atoms with E-state index in [9.17, 15) is 4.79 Å². The van der Waals surface area contributed by atoms with Crippen molar-refractivity contribution in [2.75, 3.05) is 25.0 Å². The zero-order chi connectivity index (χ0) is 16.4. The number of hydrogen-bond donors (Lipinski definition) is 1. The first-order valence-corrected chi connectivity index (χ1v) is 9.19. The fraction of sp³-hybridized carbons (Fsp3) is 0.632. The molecule has 1 saturated carbocycles. The SMILES string of the molecule is Cc1cc(C)c(NC(=O)CN2CC[C@@H]3CCCC[C@H]3C2)c(Cl)c1. The molecule has 1 N–H and O–H groups in total. The Morgan fingerprint density at radius 1 is 1.22 bits per heavy atom. The Labute approximate surface area is 144 Å². The molecule has 126 valence electrons. The fourth-order valence-electron chi connectivity index (χ4n) is 4.28. The van der Waals surface area contributed by atoms with Crippen molar-refractivity contribution in [1.82, 2.24) is 4.90 Å². The molecule has 1 heterocycles. The number of carbonyl (C=O) groups excluding carboxylic acids is 1. The number of piperidine rings is 1. The van der Waals surface area contributed by atoms with Crippen molar-refractivity contribution in [3.63, 3.8) is 0 Å². The highest BCUT2D eigenvalue weighted by Gasteiger charge is 2.31. The van der Waals surface area contributed by atoms with Gasteiger partial charge in [0.25, 0.3) is 0 Å². The van der Waals surface area contributed by atoms with Crippen LogP contribution in [-0.2, 0) is 4.79 Å². The van der Waals surface area contributed by atoms with Crippen LogP contribution < -0.4 is 5.32 Å². The van der Waals surface area contributed by atoms with Crippen LogP contribution in [0.25, 0.3) is 0 Å². The van der Waals surface area contributed by atoms with Crippen molar-refractivity contribution in [2.45, 2.75) is 46.0 Å². The highest BCUT2D eigenvalue weighted by atomic mass is 35.5. The molecule has 23 heavy (non-hydrogen) atoms. The molecule has 1 aliphatic heterocycles. The minimum absolute atomic E-state index is 0.0492. The normalized spacial score (nSPS) is 25.0. The Balaban J connectivity index is 1.57. The third kappa shape index (κ3) is 4.07. The molecule has 0 radical (unpaired) electrons. The summed E-state index contributed by atoms with van der Waals surface area (Å²) in [5.41, 5.74) is 2.90. The van der Waals surface area contributed by atoms with Crippen molar-refractivity contribution in [1.29, 1.82) is 0 Å². The minimum Gasteiger partial charge on any atom is -0.323 e. The van der Waals surface area contributed by atoms with Crippen molar-refractivity contribution >= 4 is 23.2 Å². The molecule has 4 heteroatoms. The van der Waals surface area contributed by atoms with E-state index in [1.807, 2.05) is 19.9 Å². The molecule has 1 aromatic rings. The number of nitrogens with zero attached hydrogens (tertiary/aromatic N) is 1. The number of aryl methyl sites for hydroxylation is 2. The van der Waals surface area contributed by atoms with Crippen LogP contribution in [0.3, 0.4) is 0 Å². The fourth-order valence-corrected chi connectivity index (χ4v) is 4.64. The van der Waals surface area contributed by atoms with E-state index in [2.05, 4.69) is 16.3 Å². The maximum absolute atomic E-state index is 12.4. The maximum atomic E-state index is 12.4. The van der Waals surface area contributed by atoms with E-state index < -0.39 is 0 Å². The highest BCUT2D eigenvalue weighted by Crippen LogP contribution is 2.36. The Kier molecular flexibility index (Phi) is 5.27. The second-order valence-electron chi connectivity index (χ2n) is 7.32. The predicted octanol–water partition coefficient (Wildman–Crippen LogP) is 4.41. The molecule has 2 atom stereocenters. The van der Waals surface area contributed by atoms with Gasteiger partial charge in [0.2, 0.25) is 5.91 Å². The quantitative estimate of drug-likeness (QED) is 0.888. The summed E-state index contributed by atoms with van der Waals surface area (Å²) in [7, 11) is 0. The predicted molar refractivity (Wildman–Crippen MR) is 96.1 cm³/mol. The summed E-state index contributed by atoms with van der Waals surface area (Å²) in [6.07, 6.45) is 6.74. The van der Waals surface area contributed by atoms with Crippen molar-refractivity contribution in [3.8, 4) is 0 Å². The molecule has 1 aliphatic carbocycles. The Morgan fingerprint density at radius 2 is 1.96 bits per heavy atom. The molecule has 2 aliphatic rings. The summed E-state index contributed by atoms with van der Waals surface area (Å²) in [4.78, 5) is 14.7. The van der Waals surface area contributed by atoms with Crippen molar-refractivity contribution in [3.05, 3.63) is 28.3 Å². The van der Waals surface area contributed by atoms with Gasteiger partial charge in [0, 0.05) is 6.54 Å². The molecular weight excluding hydrogens is 308 g/mol. The van der Waals surface area contributed by atoms with Crippen LogP contribution in [0.4, 0.5) is 5.69 Å². The summed E-state index contributed by atoms with van der Waals surface area (Å²) >= 11 is 6.28. The molecule has 1 saturated heterocycles. The van der Waals surface area contributed by atoms with E-state index in [1.165, 1.54) is 32.1 Å². The van der Waals surface area contributed by atoms with Crippen LogP contribution in [0.5, 0.6) is 0 Å². The lowest BCUT2D eigenvalue weighted by Crippen LogP contribution is -2.44. The van der Waals surface area contributed by atoms with Crippen molar-refractivity contribution < 1.29 is 4.79 Å². The molecule has 0 aromatic heterocycles. The third-order valence-electron chi connectivity index (χ3n) is 5.44. The van der Waals surface area contributed by atoms with Gasteiger partial charge >= 0.3 is 0 Å². The number of carbonyl (C=O) groups is 1. The minimum atomic E-state index is 0.0492. The molecule has 3 nitrogen and oxygen atoms in total. The van der Waals surface area contributed by atoms with Gasteiger partial charge in [-0.25, -0.2) is 0 Å². The van der Waals surface area contributed by atoms with Crippen LogP contribution in [0, 0.1) is 25.7 Å². The second-order valence-corrected chi connectivity index (χ2v) is 7.72. The molecule has 2 fully saturated rings. The van der Waals surface area contributed by atoms with E-state index in [0.29, 0.717) is 11.6 Å². The second kappa shape index (κ2) is 7.23. The number of anilines is 1. The molecule has 0 bridgehead atoms. The number of rotatable bonds is 3. The molecule has 3 rings (SSSR count). The van der Waals surface area contributed by atoms with Gasteiger partial charge in [-0.05, 0) is 62.3 Å². The first kappa shape index (κ1) is 16.8. The van der Waals surface area contributed by atoms with Gasteiger partial charge in [0.05, 0.1) is 17.3 Å². The lowest BCUT2D eigenvalue weighted by Gasteiger charge is -2.41. The number of fused-ring (bicyclic) bond motifs is 1. The van der Waals surface area contributed by atoms with E-state index in [0.717, 1.165) is 41.7 Å². The van der Waals surface area contributed by atoms with E-state index >= 15 is 0 Å². The number of hydrogen-bond acceptors (Lipinski definition) is 2. The zero-order valence-corrected chi connectivity index (χ0v) is 15.0. The van der Waals surface area contributed by atoms with Crippen LogP contribution in [-0.4, -0.2) is 30.4 Å². The van der Waals surface area contributed by atoms with E-state index in [4.69, 9.17) is 11.6 Å². The maximum Gasteiger partial charge on any atom is 0.238 e. The standard InChI is InChI=1S/C19H27ClN2O/c1-13-9-14(2)19(17(20)10-13)21-18(23)12-22-8-7-15-5-3-4-6-16(15)11-22/h9-10,15-16H,3-8,11-12H2,1-2H3,(H,21,23)/t15-,16-/m0/s1. The van der Waals surface area contributed by atoms with E-state index in [1.54, 1.807) is 0 Å². The third-order valence-corrected chi connectivity index (χ3v) is 5.74. The molecule has 0 unspecified atom stereocenters. The van der Waals surface area contributed by atoms with Gasteiger partial charge in [0.15, 0.2) is 0 Å². The summed E-state index contributed by atoms with van der Waals surface area (Å²) in [6.45, 7) is 6.61. The molecule has 0 spiro atoms. The van der Waals surface area contributed by atoms with Crippen LogP contribution >= 0.6 is 11.6 Å². The summed E-state index contributed by atoms with van der Waals surface area (Å²) < 4.78 is 0. The van der Waals surface area contributed by atoms with Crippen LogP contribution in [0.1, 0.15) is 43.2 Å². The summed E-state index contributed by atoms with van der Waals surface area (Å²) in [6, 6.07) is 3.95. The van der Waals surface area contributed by atoms with E-state index in [-0.39, 0.29) is 5.91 Å². The average Bonchev–Trinajstić information content (AvgIpc) is 2.51. The summed E-state index contributed by atoms with van der Waals surface area (Å²) in [5.74, 6) is 1.75. The topological polar surface area (TPSA) is 32.3 Å². The number of likely N-dealkylation sites (tertiary alicyclic amines) is 1. The van der Waals surface area contributed by atoms with Gasteiger partial charge < -0.3 is 5.32 Å². The Hall–Kier alpha value is -1.06. The van der Waals surface area contributed by atoms with Gasteiger partial charge in [-0.3, -0.25) is 9.69 Å². The van der Waals surface area contributed by atoms with Crippen molar-refractivity contribution in [2.24, 2.45) is 11.8 Å². The zero-order valence-electron chi connectivity index (χ0n) is 14.2. The molecular formula is C19H27ClN2O. The molecule has 1 amide bonds. The number of nitrogens with one attached hydrogen (secondary N) is 1. The van der Waals surface area contributed by atoms with Gasteiger partial charge in [-0.15, -0.1) is 0 Å². The lowest BCUT2D eigenvalue weighted by atomic mass is 9.75. The van der Waals surface area contributed by atoms with Crippen LogP contribution in [0.15, 0.2) is 12.1 Å². The lowest BCUT2D eigenvalue weighted by molar-refractivity contribution is -0.118. The highest BCUT2D eigenvalue weighted by molar-refractivity contribution is 6.34. The average molecular weight is 335 g/mol. The number of halogens is 1. The molecule has 1 aromatic carbocycles. The van der Waals surface area contributed by atoms with Gasteiger partial charge in [-0.2, -0.15) is 0 Å². The Morgan fingerprint density at radius 3 is 2.70 bits per heavy atom. The van der Waals surface area contributed by atoms with Gasteiger partial charge in [0.1, 0.15) is 0 Å². The largest absolute Gasteiger partial charge is 0.323 e. The number of benzene rings is 1. The first-order valence-electron chi connectivity index (χ1n) is 8.82. The first-order chi connectivity index (χ1) is 11.0. The summed E-state index contributed by atoms with van der Waals surface area (Å²) in [5, 5.41) is 3.64. The van der Waals surface area contributed by atoms with Gasteiger partial charge in [-0.1, -0.05) is 36.9 Å². The van der Waals surface area contributed by atoms with Crippen LogP contribution in [0.2, 0.25) is 5.02 Å². The number of amides is 1. The Bertz CT molecular complexity index is 564. The monoisotopic (exact) mass is 334 g/mol. The smallest absolute Gasteiger partial charge is 0.238 e.